The van der Waals surface area contributed by atoms with Gasteiger partial charge in [0.1, 0.15) is 0 Å². The van der Waals surface area contributed by atoms with Crippen LogP contribution in [0.4, 0.5) is 5.13 Å². The molecule has 1 aromatic carbocycles. The van der Waals surface area contributed by atoms with Gasteiger partial charge >= 0.3 is 0 Å². The summed E-state index contributed by atoms with van der Waals surface area (Å²) in [5.74, 6) is -0.107. The van der Waals surface area contributed by atoms with Crippen molar-refractivity contribution in [3.8, 4) is 0 Å². The number of hydrogen-bond donors (Lipinski definition) is 1. The minimum Gasteiger partial charge on any atom is -0.302 e. The summed E-state index contributed by atoms with van der Waals surface area (Å²) in [5, 5.41) is 4.34. The molecule has 0 saturated heterocycles. The Morgan fingerprint density at radius 1 is 1.36 bits per heavy atom. The predicted molar refractivity (Wildman–Crippen MR) is 105 cm³/mol. The molecular weight excluding hydrogens is 352 g/mol. The fourth-order valence-corrected chi connectivity index (χ4v) is 4.55. The maximum atomic E-state index is 11.2. The number of aliphatic imine (C=N–C) groups is 1. The third-order valence-corrected chi connectivity index (χ3v) is 5.64. The van der Waals surface area contributed by atoms with Crippen LogP contribution < -0.4 is 5.32 Å². The predicted octanol–water partition coefficient (Wildman–Crippen LogP) is 4.38. The first-order valence-electron chi connectivity index (χ1n) is 7.85. The van der Waals surface area contributed by atoms with Gasteiger partial charge in [0.2, 0.25) is 5.91 Å². The number of nitrogens with one attached hydrogen (secondary N) is 1. The van der Waals surface area contributed by atoms with Gasteiger partial charge in [-0.3, -0.25) is 14.7 Å². The highest BCUT2D eigenvalue weighted by atomic mass is 32.2. The number of amidine groups is 1. The Labute approximate surface area is 153 Å². The number of thioether (sulfide) groups is 1. The van der Waals surface area contributed by atoms with E-state index in [0.717, 1.165) is 26.0 Å². The summed E-state index contributed by atoms with van der Waals surface area (Å²) in [6.07, 6.45) is 8.46. The van der Waals surface area contributed by atoms with Crippen molar-refractivity contribution in [2.45, 2.75) is 18.7 Å². The van der Waals surface area contributed by atoms with Gasteiger partial charge in [-0.05, 0) is 42.8 Å². The van der Waals surface area contributed by atoms with E-state index < -0.39 is 0 Å². The number of benzene rings is 1. The highest BCUT2D eigenvalue weighted by Gasteiger charge is 2.19. The molecule has 0 unspecified atom stereocenters. The van der Waals surface area contributed by atoms with Crippen LogP contribution in [0.2, 0.25) is 0 Å². The molecule has 4 rings (SSSR count). The highest BCUT2D eigenvalue weighted by molar-refractivity contribution is 8.13. The smallest absolute Gasteiger partial charge is 0.223 e. The largest absolute Gasteiger partial charge is 0.302 e. The summed E-state index contributed by atoms with van der Waals surface area (Å²) in [7, 11) is 0. The third-order valence-electron chi connectivity index (χ3n) is 3.71. The molecule has 0 saturated carbocycles. The number of carbonyl (C=O) groups excluding carboxylic acids is 1. The minimum absolute atomic E-state index is 0.107. The number of aromatic nitrogens is 1. The van der Waals surface area contributed by atoms with Crippen LogP contribution in [0.5, 0.6) is 0 Å². The van der Waals surface area contributed by atoms with E-state index >= 15 is 0 Å². The Balaban J connectivity index is 1.59. The molecular formula is C18H16N4OS2. The van der Waals surface area contributed by atoms with Gasteiger partial charge in [-0.2, -0.15) is 0 Å². The van der Waals surface area contributed by atoms with Crippen molar-refractivity contribution in [3.05, 3.63) is 53.9 Å². The lowest BCUT2D eigenvalue weighted by Crippen LogP contribution is -2.26. The molecule has 2 aliphatic heterocycles. The minimum atomic E-state index is -0.107. The number of fused-ring (bicyclic) bond motifs is 2. The van der Waals surface area contributed by atoms with Crippen LogP contribution >= 0.6 is 23.1 Å². The fourth-order valence-electron chi connectivity index (χ4n) is 2.60. The zero-order valence-corrected chi connectivity index (χ0v) is 15.4. The molecule has 3 heterocycles. The number of rotatable bonds is 2. The fraction of sp³-hybridized carbons (Fsp3) is 0.167. The van der Waals surface area contributed by atoms with Crippen LogP contribution in [0.25, 0.3) is 10.2 Å². The van der Waals surface area contributed by atoms with E-state index in [1.807, 2.05) is 12.1 Å². The molecule has 126 valence electrons. The molecule has 2 aromatic rings. The molecule has 7 heteroatoms. The van der Waals surface area contributed by atoms with Crippen molar-refractivity contribution in [1.29, 1.82) is 0 Å². The van der Waals surface area contributed by atoms with Crippen LogP contribution in [0.15, 0.2) is 63.8 Å². The third kappa shape index (κ3) is 3.38. The Hall–Kier alpha value is -2.38. The molecule has 25 heavy (non-hydrogen) atoms. The average Bonchev–Trinajstić information content (AvgIpc) is 2.96. The lowest BCUT2D eigenvalue weighted by atomic mass is 10.2. The number of allylic oxidation sites excluding steroid dienone is 3. The standard InChI is InChI=1S/C18H16N4OS2/c1-11-3-4-13-7-8-19-18(22(13)10-11)24-14-5-6-15-16(9-14)25-17(21-15)20-12(2)23/h3-7,9-10H,8H2,1-2H3,(H,20,21,23). The van der Waals surface area contributed by atoms with Gasteiger partial charge in [0.05, 0.1) is 16.8 Å². The van der Waals surface area contributed by atoms with Gasteiger partial charge in [0, 0.05) is 23.7 Å². The maximum Gasteiger partial charge on any atom is 0.223 e. The summed E-state index contributed by atoms with van der Waals surface area (Å²) in [6.45, 7) is 4.26. The lowest BCUT2D eigenvalue weighted by Gasteiger charge is -2.28. The summed E-state index contributed by atoms with van der Waals surface area (Å²) in [5.41, 5.74) is 3.25. The first-order valence-corrected chi connectivity index (χ1v) is 9.48. The Morgan fingerprint density at radius 3 is 3.08 bits per heavy atom. The maximum absolute atomic E-state index is 11.2. The van der Waals surface area contributed by atoms with E-state index in [-0.39, 0.29) is 5.91 Å². The molecule has 0 spiro atoms. The van der Waals surface area contributed by atoms with Gasteiger partial charge < -0.3 is 5.32 Å². The van der Waals surface area contributed by atoms with Gasteiger partial charge in [0.25, 0.3) is 0 Å². The number of hydrogen-bond acceptors (Lipinski definition) is 6. The summed E-state index contributed by atoms with van der Waals surface area (Å²) in [6, 6.07) is 6.12. The van der Waals surface area contributed by atoms with Gasteiger partial charge in [-0.15, -0.1) is 0 Å². The lowest BCUT2D eigenvalue weighted by molar-refractivity contribution is -0.114. The molecule has 5 nitrogen and oxygen atoms in total. The molecule has 1 amide bonds. The zero-order valence-electron chi connectivity index (χ0n) is 13.8. The summed E-state index contributed by atoms with van der Waals surface area (Å²) >= 11 is 3.12. The normalized spacial score (nSPS) is 16.2. The Morgan fingerprint density at radius 2 is 2.24 bits per heavy atom. The topological polar surface area (TPSA) is 57.6 Å². The van der Waals surface area contributed by atoms with E-state index in [0.29, 0.717) is 11.7 Å². The Kier molecular flexibility index (Phi) is 4.19. The molecule has 1 N–H and O–H groups in total. The number of amides is 1. The number of nitrogens with zero attached hydrogens (tertiary/aromatic N) is 3. The van der Waals surface area contributed by atoms with Crippen LogP contribution in [0, 0.1) is 0 Å². The van der Waals surface area contributed by atoms with E-state index in [9.17, 15) is 4.79 Å². The molecule has 1 aromatic heterocycles. The molecule has 0 aliphatic carbocycles. The van der Waals surface area contributed by atoms with E-state index in [1.165, 1.54) is 23.8 Å². The van der Waals surface area contributed by atoms with Crippen LogP contribution in [-0.4, -0.2) is 27.5 Å². The molecule has 0 radical (unpaired) electrons. The number of carbonyl (C=O) groups is 1. The van der Waals surface area contributed by atoms with Crippen LogP contribution in [-0.2, 0) is 4.79 Å². The number of anilines is 1. The van der Waals surface area contributed by atoms with Crippen molar-refractivity contribution in [2.24, 2.45) is 4.99 Å². The Bertz CT molecular complexity index is 984. The van der Waals surface area contributed by atoms with E-state index in [4.69, 9.17) is 0 Å². The second-order valence-corrected chi connectivity index (χ2v) is 7.83. The van der Waals surface area contributed by atoms with Gasteiger partial charge in [0.15, 0.2) is 10.3 Å². The van der Waals surface area contributed by atoms with Crippen molar-refractivity contribution in [2.75, 3.05) is 11.9 Å². The zero-order chi connectivity index (χ0) is 17.4. The highest BCUT2D eigenvalue weighted by Crippen LogP contribution is 2.33. The molecule has 0 atom stereocenters. The monoisotopic (exact) mass is 368 g/mol. The van der Waals surface area contributed by atoms with Gasteiger partial charge in [-0.25, -0.2) is 4.98 Å². The molecule has 2 aliphatic rings. The van der Waals surface area contributed by atoms with E-state index in [2.05, 4.69) is 57.6 Å². The summed E-state index contributed by atoms with van der Waals surface area (Å²) < 4.78 is 1.05. The van der Waals surface area contributed by atoms with Gasteiger partial charge in [-0.1, -0.05) is 29.2 Å². The first kappa shape index (κ1) is 16.1. The second-order valence-electron chi connectivity index (χ2n) is 5.76. The quantitative estimate of drug-likeness (QED) is 0.855. The number of thiazole rings is 1. The first-order chi connectivity index (χ1) is 12.1. The second kappa shape index (κ2) is 6.50. The van der Waals surface area contributed by atoms with Crippen molar-refractivity contribution >= 4 is 49.5 Å². The SMILES string of the molecule is CC(=O)Nc1nc2ccc(SC3=NCC=C4C=CC(C)=CN43)cc2s1. The van der Waals surface area contributed by atoms with Crippen molar-refractivity contribution < 1.29 is 4.79 Å². The van der Waals surface area contributed by atoms with Crippen molar-refractivity contribution in [1.82, 2.24) is 9.88 Å². The van der Waals surface area contributed by atoms with Crippen molar-refractivity contribution in [3.63, 3.8) is 0 Å². The summed E-state index contributed by atoms with van der Waals surface area (Å²) in [4.78, 5) is 23.5. The molecule has 0 fully saturated rings. The molecule has 0 bridgehead atoms. The van der Waals surface area contributed by atoms with Crippen LogP contribution in [0.1, 0.15) is 13.8 Å². The van der Waals surface area contributed by atoms with Crippen LogP contribution in [0.3, 0.4) is 0 Å². The average molecular weight is 368 g/mol. The van der Waals surface area contributed by atoms with E-state index in [1.54, 1.807) is 11.8 Å².